The largest absolute Gasteiger partial charge is 0.496 e. The molecule has 3 aromatic rings. The minimum Gasteiger partial charge on any atom is -0.496 e. The topological polar surface area (TPSA) is 86.3 Å². The van der Waals surface area contributed by atoms with Crippen molar-refractivity contribution in [2.24, 2.45) is 7.05 Å². The van der Waals surface area contributed by atoms with Crippen molar-refractivity contribution in [2.45, 2.75) is 18.8 Å². The van der Waals surface area contributed by atoms with Gasteiger partial charge in [-0.3, -0.25) is 9.48 Å². The van der Waals surface area contributed by atoms with Crippen LogP contribution in [0.4, 0.5) is 0 Å². The smallest absolute Gasteiger partial charge is 0.272 e. The maximum absolute atomic E-state index is 12.8. The average Bonchev–Trinajstić information content (AvgIpc) is 3.37. The lowest BCUT2D eigenvalue weighted by Gasteiger charge is -2.31. The van der Waals surface area contributed by atoms with Crippen molar-refractivity contribution in [2.75, 3.05) is 20.2 Å². The van der Waals surface area contributed by atoms with Crippen LogP contribution in [0, 0.1) is 0 Å². The van der Waals surface area contributed by atoms with Crippen LogP contribution >= 0.6 is 0 Å². The second-order valence-corrected chi connectivity index (χ2v) is 6.59. The standard InChI is InChI=1S/C19H21N5O3/c1-23-15(9-10-20-23)19(25)24-11-5-6-13(12-24)17-21-18(27-22-17)14-7-3-4-8-16(14)26-2/h3-4,7-10,13H,5-6,11-12H2,1-2H3/t13-/m0/s1. The van der Waals surface area contributed by atoms with E-state index in [4.69, 9.17) is 9.26 Å². The molecule has 1 fully saturated rings. The molecule has 1 aliphatic rings. The van der Waals surface area contributed by atoms with Crippen molar-refractivity contribution in [3.05, 3.63) is 48.0 Å². The Bertz CT molecular complexity index is 948. The van der Waals surface area contributed by atoms with Crippen LogP contribution in [-0.4, -0.2) is 50.9 Å². The van der Waals surface area contributed by atoms with Gasteiger partial charge in [0, 0.05) is 32.3 Å². The maximum Gasteiger partial charge on any atom is 0.272 e. The SMILES string of the molecule is COc1ccccc1-c1nc([C@H]2CCCN(C(=O)c3ccnn3C)C2)no1. The van der Waals surface area contributed by atoms with Crippen molar-refractivity contribution in [1.82, 2.24) is 24.8 Å². The van der Waals surface area contributed by atoms with E-state index in [0.717, 1.165) is 24.9 Å². The van der Waals surface area contributed by atoms with Gasteiger partial charge in [-0.2, -0.15) is 10.1 Å². The number of carbonyl (C=O) groups excluding carboxylic acids is 1. The fourth-order valence-electron chi connectivity index (χ4n) is 3.45. The van der Waals surface area contributed by atoms with E-state index in [1.165, 1.54) is 0 Å². The number of aryl methyl sites for hydroxylation is 1. The highest BCUT2D eigenvalue weighted by molar-refractivity contribution is 5.92. The second kappa shape index (κ2) is 7.22. The summed E-state index contributed by atoms with van der Waals surface area (Å²) in [6.45, 7) is 1.28. The van der Waals surface area contributed by atoms with Crippen LogP contribution in [0.15, 0.2) is 41.1 Å². The molecule has 3 heterocycles. The molecule has 0 N–H and O–H groups in total. The summed E-state index contributed by atoms with van der Waals surface area (Å²) in [6, 6.07) is 9.27. The highest BCUT2D eigenvalue weighted by atomic mass is 16.5. The van der Waals surface area contributed by atoms with Gasteiger partial charge in [-0.25, -0.2) is 0 Å². The molecule has 0 bridgehead atoms. The Balaban J connectivity index is 1.53. The summed E-state index contributed by atoms with van der Waals surface area (Å²) in [6.07, 6.45) is 3.44. The van der Waals surface area contributed by atoms with Crippen LogP contribution in [0.2, 0.25) is 0 Å². The summed E-state index contributed by atoms with van der Waals surface area (Å²) in [5, 5.41) is 8.25. The molecule has 0 radical (unpaired) electrons. The van der Waals surface area contributed by atoms with Crippen LogP contribution < -0.4 is 4.74 Å². The number of rotatable bonds is 4. The Morgan fingerprint density at radius 1 is 1.30 bits per heavy atom. The van der Waals surface area contributed by atoms with E-state index >= 15 is 0 Å². The van der Waals surface area contributed by atoms with Gasteiger partial charge in [0.2, 0.25) is 0 Å². The Labute approximate surface area is 156 Å². The van der Waals surface area contributed by atoms with Crippen molar-refractivity contribution in [1.29, 1.82) is 0 Å². The zero-order valence-electron chi connectivity index (χ0n) is 15.3. The summed E-state index contributed by atoms with van der Waals surface area (Å²) in [5.41, 5.74) is 1.34. The molecule has 8 heteroatoms. The Hall–Kier alpha value is -3.16. The molecule has 0 aliphatic carbocycles. The molecular formula is C19H21N5O3. The first kappa shape index (κ1) is 17.3. The van der Waals surface area contributed by atoms with Gasteiger partial charge < -0.3 is 14.2 Å². The van der Waals surface area contributed by atoms with Gasteiger partial charge in [0.25, 0.3) is 11.8 Å². The molecule has 0 saturated carbocycles. The van der Waals surface area contributed by atoms with E-state index in [9.17, 15) is 4.79 Å². The Kier molecular flexibility index (Phi) is 4.62. The monoisotopic (exact) mass is 367 g/mol. The lowest BCUT2D eigenvalue weighted by molar-refractivity contribution is 0.0692. The molecule has 2 aromatic heterocycles. The van der Waals surface area contributed by atoms with Crippen LogP contribution in [0.5, 0.6) is 5.75 Å². The number of methoxy groups -OCH3 is 1. The molecule has 1 aromatic carbocycles. The number of nitrogens with zero attached hydrogens (tertiary/aromatic N) is 5. The lowest BCUT2D eigenvalue weighted by atomic mass is 9.97. The fourth-order valence-corrected chi connectivity index (χ4v) is 3.45. The number of piperidine rings is 1. The lowest BCUT2D eigenvalue weighted by Crippen LogP contribution is -2.40. The zero-order chi connectivity index (χ0) is 18.8. The minimum absolute atomic E-state index is 0.0202. The fraction of sp³-hybridized carbons (Fsp3) is 0.368. The van der Waals surface area contributed by atoms with E-state index in [-0.39, 0.29) is 11.8 Å². The maximum atomic E-state index is 12.8. The summed E-state index contributed by atoms with van der Waals surface area (Å²) >= 11 is 0. The van der Waals surface area contributed by atoms with Crippen molar-refractivity contribution in [3.8, 4) is 17.2 Å². The van der Waals surface area contributed by atoms with Gasteiger partial charge in [0.05, 0.1) is 12.7 Å². The molecule has 1 saturated heterocycles. The molecule has 140 valence electrons. The van der Waals surface area contributed by atoms with E-state index < -0.39 is 0 Å². The van der Waals surface area contributed by atoms with Crippen LogP contribution in [0.1, 0.15) is 35.1 Å². The van der Waals surface area contributed by atoms with E-state index in [1.807, 2.05) is 29.2 Å². The predicted molar refractivity (Wildman–Crippen MR) is 97.4 cm³/mol. The van der Waals surface area contributed by atoms with Crippen LogP contribution in [0.25, 0.3) is 11.5 Å². The van der Waals surface area contributed by atoms with E-state index in [2.05, 4.69) is 15.2 Å². The summed E-state index contributed by atoms with van der Waals surface area (Å²) in [5.74, 6) is 1.76. The number of ether oxygens (including phenoxy) is 1. The quantitative estimate of drug-likeness (QED) is 0.704. The number of benzene rings is 1. The zero-order valence-corrected chi connectivity index (χ0v) is 15.3. The molecule has 0 unspecified atom stereocenters. The predicted octanol–water partition coefficient (Wildman–Crippen LogP) is 2.50. The summed E-state index contributed by atoms with van der Waals surface area (Å²) < 4.78 is 12.4. The normalized spacial score (nSPS) is 17.1. The van der Waals surface area contributed by atoms with E-state index in [0.29, 0.717) is 29.7 Å². The van der Waals surface area contributed by atoms with Gasteiger partial charge in [-0.05, 0) is 31.0 Å². The Morgan fingerprint density at radius 3 is 2.93 bits per heavy atom. The third kappa shape index (κ3) is 3.30. The first-order valence-corrected chi connectivity index (χ1v) is 8.91. The summed E-state index contributed by atoms with van der Waals surface area (Å²) in [4.78, 5) is 19.2. The number of para-hydroxylation sites is 1. The van der Waals surface area contributed by atoms with Gasteiger partial charge in [-0.15, -0.1) is 0 Å². The van der Waals surface area contributed by atoms with Crippen molar-refractivity contribution >= 4 is 5.91 Å². The first-order chi connectivity index (χ1) is 13.2. The molecule has 0 spiro atoms. The summed E-state index contributed by atoms with van der Waals surface area (Å²) in [7, 11) is 3.38. The number of amides is 1. The number of carbonyl (C=O) groups is 1. The number of likely N-dealkylation sites (tertiary alicyclic amines) is 1. The van der Waals surface area contributed by atoms with Gasteiger partial charge >= 0.3 is 0 Å². The van der Waals surface area contributed by atoms with Crippen LogP contribution in [0.3, 0.4) is 0 Å². The highest BCUT2D eigenvalue weighted by Crippen LogP contribution is 2.31. The van der Waals surface area contributed by atoms with Gasteiger partial charge in [0.1, 0.15) is 11.4 Å². The minimum atomic E-state index is -0.0202. The molecule has 27 heavy (non-hydrogen) atoms. The molecule has 1 amide bonds. The third-order valence-electron chi connectivity index (χ3n) is 4.89. The molecule has 1 aliphatic heterocycles. The van der Waals surface area contributed by atoms with Gasteiger partial charge in [0.15, 0.2) is 5.82 Å². The molecule has 1 atom stereocenters. The first-order valence-electron chi connectivity index (χ1n) is 8.91. The van der Waals surface area contributed by atoms with Gasteiger partial charge in [-0.1, -0.05) is 17.3 Å². The molecule has 4 rings (SSSR count). The average molecular weight is 367 g/mol. The number of aromatic nitrogens is 4. The Morgan fingerprint density at radius 2 is 2.15 bits per heavy atom. The highest BCUT2D eigenvalue weighted by Gasteiger charge is 2.30. The number of hydrogen-bond donors (Lipinski definition) is 0. The van der Waals surface area contributed by atoms with Crippen LogP contribution in [-0.2, 0) is 7.05 Å². The molecular weight excluding hydrogens is 346 g/mol. The second-order valence-electron chi connectivity index (χ2n) is 6.59. The van der Waals surface area contributed by atoms with Crippen molar-refractivity contribution in [3.63, 3.8) is 0 Å². The molecule has 8 nitrogen and oxygen atoms in total. The number of hydrogen-bond acceptors (Lipinski definition) is 6. The third-order valence-corrected chi connectivity index (χ3v) is 4.89. The van der Waals surface area contributed by atoms with Crippen molar-refractivity contribution < 1.29 is 14.1 Å². The van der Waals surface area contributed by atoms with E-state index in [1.54, 1.807) is 31.1 Å².